The van der Waals surface area contributed by atoms with Gasteiger partial charge < -0.3 is 21.8 Å². The van der Waals surface area contributed by atoms with Crippen molar-refractivity contribution in [3.63, 3.8) is 0 Å². The lowest BCUT2D eigenvalue weighted by Crippen LogP contribution is -2.60. The molecule has 2 atom stereocenters. The van der Waals surface area contributed by atoms with Crippen molar-refractivity contribution in [2.45, 2.75) is 37.8 Å². The number of carbonyl (C=O) groups excluding carboxylic acids is 1. The minimum absolute atomic E-state index is 0.0113. The molecular weight excluding hydrogens is 423 g/mol. The first-order valence-electron chi connectivity index (χ1n) is 10.9. The molecule has 0 bridgehead atoms. The molecule has 10 heteroatoms. The van der Waals surface area contributed by atoms with Crippen LogP contribution in [0.15, 0.2) is 35.4 Å². The van der Waals surface area contributed by atoms with Gasteiger partial charge in [0.15, 0.2) is 0 Å². The number of hydrazone groups is 1. The number of amides is 1. The summed E-state index contributed by atoms with van der Waals surface area (Å²) in [6, 6.07) is 8.66. The van der Waals surface area contributed by atoms with Gasteiger partial charge in [0.25, 0.3) is 11.7 Å². The summed E-state index contributed by atoms with van der Waals surface area (Å²) >= 11 is 0. The molecule has 1 fully saturated rings. The van der Waals surface area contributed by atoms with Gasteiger partial charge in [-0.1, -0.05) is 6.42 Å². The highest BCUT2D eigenvalue weighted by atomic mass is 19.1. The first-order chi connectivity index (χ1) is 15.8. The van der Waals surface area contributed by atoms with E-state index < -0.39 is 11.7 Å². The summed E-state index contributed by atoms with van der Waals surface area (Å²) in [5.74, 6) is -0.840. The van der Waals surface area contributed by atoms with Crippen LogP contribution < -0.4 is 26.3 Å². The van der Waals surface area contributed by atoms with Crippen LogP contribution in [-0.2, 0) is 0 Å². The van der Waals surface area contributed by atoms with E-state index in [4.69, 9.17) is 11.1 Å². The number of carbonyl (C=O) groups is 1. The Hall–Kier alpha value is -3.37. The molecule has 9 nitrogen and oxygen atoms in total. The third kappa shape index (κ3) is 5.52. The fourth-order valence-corrected chi connectivity index (χ4v) is 4.46. The van der Waals surface area contributed by atoms with Crippen LogP contribution in [0.3, 0.4) is 0 Å². The fourth-order valence-electron chi connectivity index (χ4n) is 4.46. The molecule has 2 aromatic rings. The van der Waals surface area contributed by atoms with Crippen LogP contribution >= 0.6 is 0 Å². The summed E-state index contributed by atoms with van der Waals surface area (Å²) < 4.78 is 15.5. The van der Waals surface area contributed by atoms with Crippen LogP contribution in [0.1, 0.15) is 36.0 Å². The van der Waals surface area contributed by atoms with Gasteiger partial charge in [-0.05, 0) is 50.2 Å². The Morgan fingerprint density at radius 3 is 2.55 bits per heavy atom. The molecule has 1 amide bonds. The maximum Gasteiger partial charge on any atom is 0.265 e. The minimum Gasteiger partial charge on any atom is -0.365 e. The van der Waals surface area contributed by atoms with Crippen molar-refractivity contribution in [3.05, 3.63) is 41.7 Å². The second-order valence-corrected chi connectivity index (χ2v) is 8.60. The largest absolute Gasteiger partial charge is 0.365 e. The second kappa shape index (κ2) is 10.5. The van der Waals surface area contributed by atoms with Crippen molar-refractivity contribution >= 4 is 41.3 Å². The lowest BCUT2D eigenvalue weighted by Gasteiger charge is -2.43. The van der Waals surface area contributed by atoms with E-state index in [1.807, 2.05) is 21.1 Å². The van der Waals surface area contributed by atoms with Crippen molar-refractivity contribution in [1.82, 2.24) is 14.8 Å². The molecule has 1 aromatic carbocycles. The van der Waals surface area contributed by atoms with Crippen molar-refractivity contribution in [2.24, 2.45) is 10.8 Å². The van der Waals surface area contributed by atoms with E-state index in [9.17, 15) is 4.79 Å². The molecule has 0 radical (unpaired) electrons. The van der Waals surface area contributed by atoms with E-state index in [-0.39, 0.29) is 33.8 Å². The highest BCUT2D eigenvalue weighted by Gasteiger charge is 2.41. The predicted octanol–water partition coefficient (Wildman–Crippen LogP) is 3.21. The average Bonchev–Trinajstić information content (AvgIpc) is 2.81. The molecule has 176 valence electrons. The number of aromatic nitrogens is 1. The Kier molecular flexibility index (Phi) is 7.72. The third-order valence-corrected chi connectivity index (χ3v) is 6.19. The van der Waals surface area contributed by atoms with Crippen LogP contribution in [0.25, 0.3) is 0 Å². The summed E-state index contributed by atoms with van der Waals surface area (Å²) in [7, 11) is 5.84. The monoisotopic (exact) mass is 455 g/mol. The van der Waals surface area contributed by atoms with Crippen molar-refractivity contribution in [2.75, 3.05) is 31.9 Å². The molecule has 1 heterocycles. The van der Waals surface area contributed by atoms with Gasteiger partial charge in [0.2, 0.25) is 5.82 Å². The molecule has 1 aliphatic rings. The highest BCUT2D eigenvalue weighted by molar-refractivity contribution is 6.14. The SMILES string of the molecule is CNC1CCCCC1[N+](C)(C)c1nc(Nc2ccc(NN=CC=N)cc2)c(C(N)=O)cc1F. The zero-order chi connectivity index (χ0) is 24.0. The lowest BCUT2D eigenvalue weighted by atomic mass is 9.88. The standard InChI is InChI=1S/C23H31FN8O/c1-27-19-6-4-5-7-20(19)32(2,3)23-18(24)14-17(21(26)33)22(30-23)29-15-8-10-16(11-9-15)31-28-13-12-25/h8-14,19-20,27H,4-7H2,1-3H3,(H4-,25,26,28,29,30,31,33)/p+1. The number of pyridine rings is 1. The smallest absolute Gasteiger partial charge is 0.265 e. The number of hydrogen-bond donors (Lipinski definition) is 5. The van der Waals surface area contributed by atoms with Crippen LogP contribution in [-0.4, -0.2) is 56.5 Å². The Labute approximate surface area is 193 Å². The maximum atomic E-state index is 15.2. The number of halogens is 1. The molecule has 0 aliphatic heterocycles. The molecule has 0 saturated heterocycles. The number of anilines is 3. The molecular formula is C23H32FN8O+. The van der Waals surface area contributed by atoms with Crippen molar-refractivity contribution in [3.8, 4) is 0 Å². The Morgan fingerprint density at radius 2 is 1.91 bits per heavy atom. The van der Waals surface area contributed by atoms with Crippen molar-refractivity contribution in [1.29, 1.82) is 5.41 Å². The molecule has 1 aromatic heterocycles. The number of rotatable bonds is 9. The van der Waals surface area contributed by atoms with Gasteiger partial charge in [-0.15, -0.1) is 0 Å². The van der Waals surface area contributed by atoms with Crippen LogP contribution in [0, 0.1) is 11.2 Å². The predicted molar refractivity (Wildman–Crippen MR) is 132 cm³/mol. The topological polar surface area (TPSA) is 128 Å². The summed E-state index contributed by atoms with van der Waals surface area (Å²) in [6.07, 6.45) is 6.59. The Balaban J connectivity index is 1.94. The van der Waals surface area contributed by atoms with Gasteiger partial charge in [0, 0.05) is 18.3 Å². The van der Waals surface area contributed by atoms with Gasteiger partial charge in [-0.25, -0.2) is 0 Å². The summed E-state index contributed by atoms with van der Waals surface area (Å²) in [5.41, 5.74) is 9.68. The minimum atomic E-state index is -0.759. The first-order valence-corrected chi connectivity index (χ1v) is 10.9. The summed E-state index contributed by atoms with van der Waals surface area (Å²) in [6.45, 7) is 0. The highest BCUT2D eigenvalue weighted by Crippen LogP contribution is 2.34. The number of hydrogen-bond acceptors (Lipinski definition) is 7. The quantitative estimate of drug-likeness (QED) is 0.225. The fraction of sp³-hybridized carbons (Fsp3) is 0.391. The van der Waals surface area contributed by atoms with Crippen molar-refractivity contribution < 1.29 is 9.18 Å². The van der Waals surface area contributed by atoms with Gasteiger partial charge in [-0.2, -0.15) is 14.5 Å². The van der Waals surface area contributed by atoms with Crippen LogP contribution in [0.2, 0.25) is 0 Å². The first kappa shape index (κ1) is 24.3. The Morgan fingerprint density at radius 1 is 1.24 bits per heavy atom. The Bertz CT molecular complexity index is 1020. The van der Waals surface area contributed by atoms with Crippen LogP contribution in [0.5, 0.6) is 0 Å². The number of nitrogens with zero attached hydrogens (tertiary/aromatic N) is 3. The molecule has 33 heavy (non-hydrogen) atoms. The van der Waals surface area contributed by atoms with E-state index in [1.54, 1.807) is 24.3 Å². The van der Waals surface area contributed by atoms with E-state index in [2.05, 4.69) is 26.1 Å². The summed E-state index contributed by atoms with van der Waals surface area (Å²) in [4.78, 5) is 16.6. The number of likely N-dealkylation sites (N-methyl/N-ethyl adjacent to an activating group) is 2. The van der Waals surface area contributed by atoms with Crippen LogP contribution in [0.4, 0.5) is 27.4 Å². The zero-order valence-electron chi connectivity index (χ0n) is 19.2. The number of benzene rings is 1. The van der Waals surface area contributed by atoms with Gasteiger partial charge in [-0.3, -0.25) is 14.7 Å². The number of nitrogens with one attached hydrogen (secondary N) is 4. The summed E-state index contributed by atoms with van der Waals surface area (Å²) in [5, 5.41) is 17.3. The van der Waals surface area contributed by atoms with E-state index in [0.29, 0.717) is 5.69 Å². The average molecular weight is 456 g/mol. The number of nitrogens with two attached hydrogens (primary N) is 1. The zero-order valence-corrected chi connectivity index (χ0v) is 19.2. The molecule has 1 aliphatic carbocycles. The molecule has 1 saturated carbocycles. The number of quaternary nitrogens is 1. The second-order valence-electron chi connectivity index (χ2n) is 8.60. The van der Waals surface area contributed by atoms with E-state index in [0.717, 1.165) is 37.6 Å². The molecule has 0 spiro atoms. The molecule has 3 rings (SSSR count). The molecule has 6 N–H and O–H groups in total. The van der Waals surface area contributed by atoms with Gasteiger partial charge in [0.1, 0.15) is 11.9 Å². The molecule has 2 unspecified atom stereocenters. The normalized spacial score (nSPS) is 18.8. The van der Waals surface area contributed by atoms with Gasteiger partial charge in [0.05, 0.1) is 37.6 Å². The third-order valence-electron chi connectivity index (χ3n) is 6.19. The van der Waals surface area contributed by atoms with E-state index >= 15 is 4.39 Å². The van der Waals surface area contributed by atoms with E-state index in [1.165, 1.54) is 12.3 Å². The number of primary amides is 1. The maximum absolute atomic E-state index is 15.2. The van der Waals surface area contributed by atoms with Gasteiger partial charge >= 0.3 is 0 Å². The lowest BCUT2D eigenvalue weighted by molar-refractivity contribution is 0.1000.